The van der Waals surface area contributed by atoms with Crippen LogP contribution in [0.1, 0.15) is 41.6 Å². The number of benzene rings is 1. The molecule has 0 bridgehead atoms. The lowest BCUT2D eigenvalue weighted by molar-refractivity contribution is 0.0872. The molecule has 2 atom stereocenters. The van der Waals surface area contributed by atoms with Crippen molar-refractivity contribution in [3.8, 4) is 5.75 Å². The summed E-state index contributed by atoms with van der Waals surface area (Å²) < 4.78 is 0. The summed E-state index contributed by atoms with van der Waals surface area (Å²) in [7, 11) is 0. The molecule has 4 heteroatoms. The van der Waals surface area contributed by atoms with E-state index < -0.39 is 0 Å². The first-order chi connectivity index (χ1) is 9.10. The second kappa shape index (κ2) is 6.06. The van der Waals surface area contributed by atoms with E-state index in [9.17, 15) is 15.0 Å². The smallest absolute Gasteiger partial charge is 0.251 e. The number of carbonyl (C=O) groups excluding carboxylic acids is 1. The number of hydrogen-bond donors (Lipinski definition) is 3. The monoisotopic (exact) mass is 263 g/mol. The SMILES string of the molecule is Cc1cc(O)cc(C(=O)NC2CCCCC2CO)c1. The summed E-state index contributed by atoms with van der Waals surface area (Å²) in [4.78, 5) is 12.2. The molecule has 1 aliphatic rings. The Hall–Kier alpha value is -1.55. The standard InChI is InChI=1S/C15H21NO3/c1-10-6-12(8-13(18)7-10)15(19)16-14-5-3-2-4-11(14)9-17/h6-8,11,14,17-18H,2-5,9H2,1H3,(H,16,19). The molecule has 2 rings (SSSR count). The van der Waals surface area contributed by atoms with Crippen LogP contribution in [0.4, 0.5) is 0 Å². The van der Waals surface area contributed by atoms with E-state index in [0.717, 1.165) is 31.2 Å². The van der Waals surface area contributed by atoms with Crippen molar-refractivity contribution in [3.05, 3.63) is 29.3 Å². The average Bonchev–Trinajstić information content (AvgIpc) is 2.38. The average molecular weight is 263 g/mol. The first kappa shape index (κ1) is 13.9. The zero-order valence-corrected chi connectivity index (χ0v) is 11.2. The van der Waals surface area contributed by atoms with Crippen LogP contribution >= 0.6 is 0 Å². The van der Waals surface area contributed by atoms with E-state index in [0.29, 0.717) is 5.56 Å². The fraction of sp³-hybridized carbons (Fsp3) is 0.533. The van der Waals surface area contributed by atoms with Gasteiger partial charge < -0.3 is 15.5 Å². The minimum atomic E-state index is -0.177. The first-order valence-electron chi connectivity index (χ1n) is 6.82. The van der Waals surface area contributed by atoms with Crippen LogP contribution in [0.25, 0.3) is 0 Å². The van der Waals surface area contributed by atoms with Gasteiger partial charge in [0, 0.05) is 24.1 Å². The van der Waals surface area contributed by atoms with Crippen molar-refractivity contribution in [2.75, 3.05) is 6.61 Å². The summed E-state index contributed by atoms with van der Waals surface area (Å²) in [6.07, 6.45) is 4.07. The third-order valence-corrected chi connectivity index (χ3v) is 3.78. The molecule has 0 spiro atoms. The van der Waals surface area contributed by atoms with Gasteiger partial charge in [0.2, 0.25) is 0 Å². The predicted octanol–water partition coefficient (Wildman–Crippen LogP) is 1.98. The van der Waals surface area contributed by atoms with Gasteiger partial charge in [-0.15, -0.1) is 0 Å². The fourth-order valence-electron chi connectivity index (χ4n) is 2.76. The number of phenolic OH excluding ortho intramolecular Hbond substituents is 1. The second-order valence-corrected chi connectivity index (χ2v) is 5.36. The van der Waals surface area contributed by atoms with E-state index in [4.69, 9.17) is 0 Å². The maximum atomic E-state index is 12.2. The fourth-order valence-corrected chi connectivity index (χ4v) is 2.76. The first-order valence-corrected chi connectivity index (χ1v) is 6.82. The van der Waals surface area contributed by atoms with Crippen molar-refractivity contribution < 1.29 is 15.0 Å². The Morgan fingerprint density at radius 2 is 2.05 bits per heavy atom. The summed E-state index contributed by atoms with van der Waals surface area (Å²) in [5.41, 5.74) is 1.33. The Balaban J connectivity index is 2.07. The van der Waals surface area contributed by atoms with E-state index in [1.165, 1.54) is 6.07 Å². The van der Waals surface area contributed by atoms with E-state index in [1.54, 1.807) is 12.1 Å². The van der Waals surface area contributed by atoms with Crippen LogP contribution in [0.5, 0.6) is 5.75 Å². The van der Waals surface area contributed by atoms with Crippen molar-refractivity contribution >= 4 is 5.91 Å². The predicted molar refractivity (Wildman–Crippen MR) is 73.1 cm³/mol. The lowest BCUT2D eigenvalue weighted by atomic mass is 9.85. The highest BCUT2D eigenvalue weighted by atomic mass is 16.3. The highest BCUT2D eigenvalue weighted by Gasteiger charge is 2.26. The number of aliphatic hydroxyl groups is 1. The van der Waals surface area contributed by atoms with Crippen molar-refractivity contribution in [2.45, 2.75) is 38.6 Å². The number of hydrogen-bond acceptors (Lipinski definition) is 3. The number of aromatic hydroxyl groups is 1. The van der Waals surface area contributed by atoms with Gasteiger partial charge in [0.1, 0.15) is 5.75 Å². The quantitative estimate of drug-likeness (QED) is 0.781. The number of aliphatic hydroxyl groups excluding tert-OH is 1. The second-order valence-electron chi connectivity index (χ2n) is 5.36. The maximum Gasteiger partial charge on any atom is 0.251 e. The van der Waals surface area contributed by atoms with Crippen molar-refractivity contribution in [3.63, 3.8) is 0 Å². The van der Waals surface area contributed by atoms with Crippen molar-refractivity contribution in [2.24, 2.45) is 5.92 Å². The molecule has 0 radical (unpaired) electrons. The molecule has 1 amide bonds. The molecule has 0 heterocycles. The molecule has 104 valence electrons. The molecule has 2 unspecified atom stereocenters. The minimum absolute atomic E-state index is 0.0360. The topological polar surface area (TPSA) is 69.6 Å². The molecular formula is C15H21NO3. The lowest BCUT2D eigenvalue weighted by Gasteiger charge is -2.30. The van der Waals surface area contributed by atoms with Gasteiger partial charge in [0.05, 0.1) is 0 Å². The molecule has 1 aromatic carbocycles. The lowest BCUT2D eigenvalue weighted by Crippen LogP contribution is -2.43. The number of phenols is 1. The summed E-state index contributed by atoms with van der Waals surface area (Å²) in [6, 6.07) is 4.88. The Bertz CT molecular complexity index is 438. The van der Waals surface area contributed by atoms with E-state index in [2.05, 4.69) is 5.32 Å². The largest absolute Gasteiger partial charge is 0.508 e. The molecule has 1 fully saturated rings. The molecule has 19 heavy (non-hydrogen) atoms. The maximum absolute atomic E-state index is 12.2. The summed E-state index contributed by atoms with van der Waals surface area (Å²) >= 11 is 0. The Morgan fingerprint density at radius 1 is 1.32 bits per heavy atom. The van der Waals surface area contributed by atoms with Crippen LogP contribution in [0.3, 0.4) is 0 Å². The number of rotatable bonds is 3. The normalized spacial score (nSPS) is 23.1. The number of aryl methyl sites for hydroxylation is 1. The summed E-state index contributed by atoms with van der Waals surface area (Å²) in [5.74, 6) is 0.0768. The van der Waals surface area contributed by atoms with Crippen LogP contribution in [-0.4, -0.2) is 28.8 Å². The number of nitrogens with one attached hydrogen (secondary N) is 1. The molecule has 1 aliphatic carbocycles. The van der Waals surface area contributed by atoms with Crippen LogP contribution in [-0.2, 0) is 0 Å². The summed E-state index contributed by atoms with van der Waals surface area (Å²) in [6.45, 7) is 1.96. The molecule has 0 saturated heterocycles. The van der Waals surface area contributed by atoms with Crippen LogP contribution in [0.2, 0.25) is 0 Å². The third-order valence-electron chi connectivity index (χ3n) is 3.78. The van der Waals surface area contributed by atoms with Gasteiger partial charge in [-0.05, 0) is 43.5 Å². The Morgan fingerprint density at radius 3 is 2.74 bits per heavy atom. The van der Waals surface area contributed by atoms with E-state index >= 15 is 0 Å². The molecule has 3 N–H and O–H groups in total. The molecule has 1 saturated carbocycles. The van der Waals surface area contributed by atoms with Crippen molar-refractivity contribution in [1.29, 1.82) is 0 Å². The minimum Gasteiger partial charge on any atom is -0.508 e. The van der Waals surface area contributed by atoms with E-state index in [-0.39, 0.29) is 30.2 Å². The highest BCUT2D eigenvalue weighted by Crippen LogP contribution is 2.24. The van der Waals surface area contributed by atoms with Gasteiger partial charge in [-0.3, -0.25) is 4.79 Å². The Labute approximate surface area is 113 Å². The van der Waals surface area contributed by atoms with Gasteiger partial charge in [-0.1, -0.05) is 12.8 Å². The Kier molecular flexibility index (Phi) is 4.43. The zero-order chi connectivity index (χ0) is 13.8. The van der Waals surface area contributed by atoms with Gasteiger partial charge in [0.15, 0.2) is 0 Å². The van der Waals surface area contributed by atoms with Gasteiger partial charge >= 0.3 is 0 Å². The molecule has 0 aliphatic heterocycles. The molecule has 1 aromatic rings. The number of amides is 1. The van der Waals surface area contributed by atoms with Crippen LogP contribution in [0, 0.1) is 12.8 Å². The highest BCUT2D eigenvalue weighted by molar-refractivity contribution is 5.95. The summed E-state index contributed by atoms with van der Waals surface area (Å²) in [5, 5.41) is 21.8. The zero-order valence-electron chi connectivity index (χ0n) is 11.2. The van der Waals surface area contributed by atoms with Gasteiger partial charge in [-0.25, -0.2) is 0 Å². The molecule has 0 aromatic heterocycles. The van der Waals surface area contributed by atoms with E-state index in [1.807, 2.05) is 6.92 Å². The third kappa shape index (κ3) is 3.47. The van der Waals surface area contributed by atoms with Crippen LogP contribution in [0.15, 0.2) is 18.2 Å². The number of carbonyl (C=O) groups is 1. The molecular weight excluding hydrogens is 242 g/mol. The van der Waals surface area contributed by atoms with Crippen LogP contribution < -0.4 is 5.32 Å². The van der Waals surface area contributed by atoms with Crippen molar-refractivity contribution in [1.82, 2.24) is 5.32 Å². The molecule has 4 nitrogen and oxygen atoms in total. The van der Waals surface area contributed by atoms with Gasteiger partial charge in [-0.2, -0.15) is 0 Å². The van der Waals surface area contributed by atoms with Gasteiger partial charge in [0.25, 0.3) is 5.91 Å².